The molecule has 1 heterocycles. The van der Waals surface area contributed by atoms with Gasteiger partial charge in [-0.05, 0) is 31.0 Å². The van der Waals surface area contributed by atoms with Crippen molar-refractivity contribution in [1.82, 2.24) is 0 Å². The van der Waals surface area contributed by atoms with E-state index < -0.39 is 15.8 Å². The molecule has 0 saturated carbocycles. The highest BCUT2D eigenvalue weighted by Gasteiger charge is 2.26. The fraction of sp³-hybridized carbons (Fsp3) is 0.385. The van der Waals surface area contributed by atoms with Crippen molar-refractivity contribution in [2.75, 3.05) is 23.1 Å². The maximum atomic E-state index is 13.5. The number of halogens is 1. The molecule has 6 heteroatoms. The average Bonchev–Trinajstić information content (AvgIpc) is 2.38. The van der Waals surface area contributed by atoms with Crippen molar-refractivity contribution in [3.63, 3.8) is 0 Å². The molecule has 2 rings (SSSR count). The molecule has 102 valence electrons. The van der Waals surface area contributed by atoms with E-state index in [4.69, 9.17) is 5.73 Å². The van der Waals surface area contributed by atoms with Crippen molar-refractivity contribution < 1.29 is 12.8 Å². The summed E-state index contributed by atoms with van der Waals surface area (Å²) in [6.07, 6.45) is 1.47. The summed E-state index contributed by atoms with van der Waals surface area (Å²) in [5, 5.41) is 0. The van der Waals surface area contributed by atoms with E-state index in [-0.39, 0.29) is 17.9 Å². The second-order valence-electron chi connectivity index (χ2n) is 4.27. The lowest BCUT2D eigenvalue weighted by atomic mass is 10.2. The third kappa shape index (κ3) is 3.06. The SMILES string of the molecule is NCC#Cc1cc(N2CCCCS2(=O)=O)ccc1F. The fourth-order valence-corrected chi connectivity index (χ4v) is 3.62. The number of sulfonamides is 1. The van der Waals surface area contributed by atoms with Crippen LogP contribution in [0, 0.1) is 17.7 Å². The zero-order valence-electron chi connectivity index (χ0n) is 10.4. The molecule has 0 radical (unpaired) electrons. The van der Waals surface area contributed by atoms with E-state index in [1.807, 2.05) is 0 Å². The first kappa shape index (κ1) is 13.8. The summed E-state index contributed by atoms with van der Waals surface area (Å²) in [5.41, 5.74) is 5.88. The molecule has 1 aromatic rings. The molecular formula is C13H15FN2O2S. The molecule has 0 aromatic heterocycles. The largest absolute Gasteiger partial charge is 0.320 e. The van der Waals surface area contributed by atoms with Gasteiger partial charge in [0.25, 0.3) is 0 Å². The van der Waals surface area contributed by atoms with E-state index in [0.29, 0.717) is 18.7 Å². The van der Waals surface area contributed by atoms with Gasteiger partial charge in [-0.25, -0.2) is 12.8 Å². The van der Waals surface area contributed by atoms with Gasteiger partial charge in [-0.15, -0.1) is 0 Å². The van der Waals surface area contributed by atoms with Crippen molar-refractivity contribution in [3.05, 3.63) is 29.6 Å². The molecule has 0 unspecified atom stereocenters. The van der Waals surface area contributed by atoms with Crippen molar-refractivity contribution in [2.24, 2.45) is 5.73 Å². The van der Waals surface area contributed by atoms with Crippen molar-refractivity contribution in [3.8, 4) is 11.8 Å². The molecule has 0 bridgehead atoms. The fourth-order valence-electron chi connectivity index (χ4n) is 1.99. The first-order valence-electron chi connectivity index (χ1n) is 6.03. The Morgan fingerprint density at radius 1 is 1.37 bits per heavy atom. The van der Waals surface area contributed by atoms with E-state index in [1.54, 1.807) is 0 Å². The third-order valence-electron chi connectivity index (χ3n) is 2.91. The number of anilines is 1. The lowest BCUT2D eigenvalue weighted by molar-refractivity contribution is 0.574. The molecule has 2 N–H and O–H groups in total. The molecule has 1 saturated heterocycles. The maximum Gasteiger partial charge on any atom is 0.235 e. The third-order valence-corrected chi connectivity index (χ3v) is 4.78. The normalized spacial score (nSPS) is 17.7. The molecule has 0 aliphatic carbocycles. The maximum absolute atomic E-state index is 13.5. The quantitative estimate of drug-likeness (QED) is 0.784. The summed E-state index contributed by atoms with van der Waals surface area (Å²) < 4.78 is 38.8. The van der Waals surface area contributed by atoms with Gasteiger partial charge in [-0.1, -0.05) is 11.8 Å². The zero-order valence-corrected chi connectivity index (χ0v) is 11.2. The standard InChI is InChI=1S/C13H15FN2O2S/c14-13-6-5-12(10-11(13)4-3-7-15)16-8-1-2-9-19(16,17)18/h5-6,10H,1-2,7-9,15H2. The Hall–Kier alpha value is -1.58. The highest BCUT2D eigenvalue weighted by Crippen LogP contribution is 2.25. The van der Waals surface area contributed by atoms with Crippen LogP contribution in [0.1, 0.15) is 18.4 Å². The van der Waals surface area contributed by atoms with Crippen LogP contribution in [-0.2, 0) is 10.0 Å². The predicted molar refractivity (Wildman–Crippen MR) is 72.7 cm³/mol. The van der Waals surface area contributed by atoms with Crippen LogP contribution >= 0.6 is 0 Å². The minimum absolute atomic E-state index is 0.131. The molecule has 0 spiro atoms. The van der Waals surface area contributed by atoms with Gasteiger partial charge in [0.2, 0.25) is 10.0 Å². The minimum atomic E-state index is -3.29. The van der Waals surface area contributed by atoms with Crippen LogP contribution in [0.15, 0.2) is 18.2 Å². The Kier molecular flexibility index (Phi) is 4.08. The van der Waals surface area contributed by atoms with E-state index >= 15 is 0 Å². The Labute approximate surface area is 112 Å². The summed E-state index contributed by atoms with van der Waals surface area (Å²) in [5.74, 6) is 4.83. The van der Waals surface area contributed by atoms with Gasteiger partial charge in [0.05, 0.1) is 23.5 Å². The number of rotatable bonds is 1. The average molecular weight is 282 g/mol. The van der Waals surface area contributed by atoms with Gasteiger partial charge >= 0.3 is 0 Å². The van der Waals surface area contributed by atoms with Crippen LogP contribution in [0.2, 0.25) is 0 Å². The number of nitrogens with zero attached hydrogens (tertiary/aromatic N) is 1. The summed E-state index contributed by atoms with van der Waals surface area (Å²) in [4.78, 5) is 0. The Morgan fingerprint density at radius 3 is 2.84 bits per heavy atom. The monoisotopic (exact) mass is 282 g/mol. The van der Waals surface area contributed by atoms with Crippen LogP contribution in [0.5, 0.6) is 0 Å². The number of hydrogen-bond acceptors (Lipinski definition) is 3. The lowest BCUT2D eigenvalue weighted by Gasteiger charge is -2.28. The van der Waals surface area contributed by atoms with Gasteiger partial charge in [0.15, 0.2) is 0 Å². The van der Waals surface area contributed by atoms with Gasteiger partial charge in [-0.3, -0.25) is 4.31 Å². The van der Waals surface area contributed by atoms with Gasteiger partial charge < -0.3 is 5.73 Å². The van der Waals surface area contributed by atoms with Crippen molar-refractivity contribution in [1.29, 1.82) is 0 Å². The summed E-state index contributed by atoms with van der Waals surface area (Å²) in [6.45, 7) is 0.559. The molecule has 1 aliphatic heterocycles. The first-order valence-corrected chi connectivity index (χ1v) is 7.64. The number of nitrogens with two attached hydrogens (primary N) is 1. The summed E-state index contributed by atoms with van der Waals surface area (Å²) in [7, 11) is -3.29. The van der Waals surface area contributed by atoms with Gasteiger partial charge in [0.1, 0.15) is 5.82 Å². The van der Waals surface area contributed by atoms with Crippen LogP contribution in [0.3, 0.4) is 0 Å². The molecule has 4 nitrogen and oxygen atoms in total. The van der Waals surface area contributed by atoms with E-state index in [0.717, 1.165) is 6.42 Å². The Bertz CT molecular complexity index is 632. The van der Waals surface area contributed by atoms with Crippen molar-refractivity contribution in [2.45, 2.75) is 12.8 Å². The Morgan fingerprint density at radius 2 is 2.16 bits per heavy atom. The molecule has 0 amide bonds. The highest BCUT2D eigenvalue weighted by molar-refractivity contribution is 7.92. The minimum Gasteiger partial charge on any atom is -0.320 e. The molecule has 19 heavy (non-hydrogen) atoms. The Balaban J connectivity index is 2.40. The zero-order chi connectivity index (χ0) is 13.9. The van der Waals surface area contributed by atoms with Crippen LogP contribution in [-0.4, -0.2) is 27.3 Å². The molecule has 1 aliphatic rings. The molecule has 0 atom stereocenters. The molecule has 1 fully saturated rings. The highest BCUT2D eigenvalue weighted by atomic mass is 32.2. The number of benzene rings is 1. The smallest absolute Gasteiger partial charge is 0.235 e. The van der Waals surface area contributed by atoms with Gasteiger partial charge in [0, 0.05) is 6.54 Å². The second kappa shape index (κ2) is 5.59. The van der Waals surface area contributed by atoms with E-state index in [9.17, 15) is 12.8 Å². The summed E-state index contributed by atoms with van der Waals surface area (Å²) in [6, 6.07) is 4.16. The molecule has 1 aromatic carbocycles. The second-order valence-corrected chi connectivity index (χ2v) is 6.28. The van der Waals surface area contributed by atoms with Crippen molar-refractivity contribution >= 4 is 15.7 Å². The van der Waals surface area contributed by atoms with E-state index in [1.165, 1.54) is 22.5 Å². The topological polar surface area (TPSA) is 63.4 Å². The molecular weight excluding hydrogens is 267 g/mol. The van der Waals surface area contributed by atoms with E-state index in [2.05, 4.69) is 11.8 Å². The van der Waals surface area contributed by atoms with Gasteiger partial charge in [-0.2, -0.15) is 0 Å². The summed E-state index contributed by atoms with van der Waals surface area (Å²) >= 11 is 0. The lowest BCUT2D eigenvalue weighted by Crippen LogP contribution is -2.37. The van der Waals surface area contributed by atoms with Crippen LogP contribution in [0.4, 0.5) is 10.1 Å². The predicted octanol–water partition coefficient (Wildman–Crippen LogP) is 1.07. The van der Waals surface area contributed by atoms with Crippen LogP contribution in [0.25, 0.3) is 0 Å². The van der Waals surface area contributed by atoms with Crippen LogP contribution < -0.4 is 10.0 Å². The number of hydrogen-bond donors (Lipinski definition) is 1. The first-order chi connectivity index (χ1) is 9.04.